The van der Waals surface area contributed by atoms with E-state index in [4.69, 9.17) is 10.7 Å². The largest absolute Gasteiger partial charge is 0.298 e. The highest BCUT2D eigenvalue weighted by Crippen LogP contribution is 2.61. The molecule has 1 aromatic rings. The van der Waals surface area contributed by atoms with Crippen LogP contribution in [0, 0.1) is 11.8 Å². The minimum absolute atomic E-state index is 0.00354. The molecule has 0 spiro atoms. The van der Waals surface area contributed by atoms with Crippen molar-refractivity contribution < 1.29 is 8.42 Å². The smallest absolute Gasteiger partial charge is 0.296 e. The highest BCUT2D eigenvalue weighted by Gasteiger charge is 2.54. The summed E-state index contributed by atoms with van der Waals surface area (Å²) >= 11 is 0. The number of nitrogens with zero attached hydrogens (tertiary/aromatic N) is 3. The molecule has 19 heavy (non-hydrogen) atoms. The first-order valence-electron chi connectivity index (χ1n) is 6.80. The van der Waals surface area contributed by atoms with Gasteiger partial charge in [-0.3, -0.25) is 4.57 Å². The van der Waals surface area contributed by atoms with Crippen LogP contribution in [0.25, 0.3) is 0 Å². The van der Waals surface area contributed by atoms with Gasteiger partial charge in [0.2, 0.25) is 0 Å². The first kappa shape index (κ1) is 13.4. The molecule has 1 aromatic heterocycles. The summed E-state index contributed by atoms with van der Waals surface area (Å²) in [5.41, 5.74) is 0. The summed E-state index contributed by atoms with van der Waals surface area (Å²) in [6, 6.07) is -0.00354. The molecule has 0 aromatic carbocycles. The van der Waals surface area contributed by atoms with Crippen LogP contribution in [0.3, 0.4) is 0 Å². The first-order chi connectivity index (χ1) is 8.91. The van der Waals surface area contributed by atoms with Crippen molar-refractivity contribution in [3.63, 3.8) is 0 Å². The van der Waals surface area contributed by atoms with Gasteiger partial charge in [-0.05, 0) is 38.5 Å². The Morgan fingerprint density at radius 3 is 2.26 bits per heavy atom. The molecule has 0 amide bonds. The molecule has 2 saturated carbocycles. The molecule has 0 saturated heterocycles. The van der Waals surface area contributed by atoms with Gasteiger partial charge in [0.15, 0.2) is 0 Å². The molecule has 2 aliphatic carbocycles. The second-order valence-electron chi connectivity index (χ2n) is 5.88. The van der Waals surface area contributed by atoms with Gasteiger partial charge in [-0.25, -0.2) is 8.42 Å². The molecule has 2 unspecified atom stereocenters. The number of halogens is 1. The Labute approximate surface area is 117 Å². The summed E-state index contributed by atoms with van der Waals surface area (Å²) in [5.74, 6) is 2.53. The first-order valence-corrected chi connectivity index (χ1v) is 9.11. The van der Waals surface area contributed by atoms with E-state index in [0.29, 0.717) is 17.8 Å². The average Bonchev–Trinajstić information content (AvgIpc) is 2.86. The van der Waals surface area contributed by atoms with E-state index in [1.54, 1.807) is 4.57 Å². The summed E-state index contributed by atoms with van der Waals surface area (Å²) < 4.78 is 24.8. The molecule has 106 valence electrons. The Kier molecular flexibility index (Phi) is 3.13. The van der Waals surface area contributed by atoms with Crippen molar-refractivity contribution in [1.29, 1.82) is 0 Å². The highest BCUT2D eigenvalue weighted by atomic mass is 35.7. The van der Waals surface area contributed by atoms with Crippen molar-refractivity contribution in [2.45, 2.75) is 56.6 Å². The Balaban J connectivity index is 2.01. The van der Waals surface area contributed by atoms with Crippen LogP contribution in [0.2, 0.25) is 0 Å². The van der Waals surface area contributed by atoms with E-state index >= 15 is 0 Å². The SMILES string of the molecule is CC(C)n1c(C2C3CCCCC32)nnc1S(=O)(=O)Cl. The summed E-state index contributed by atoms with van der Waals surface area (Å²) in [4.78, 5) is 0. The van der Waals surface area contributed by atoms with Crippen molar-refractivity contribution in [1.82, 2.24) is 14.8 Å². The molecule has 7 heteroatoms. The van der Waals surface area contributed by atoms with Gasteiger partial charge in [0, 0.05) is 22.6 Å². The minimum atomic E-state index is -3.83. The Morgan fingerprint density at radius 1 is 1.21 bits per heavy atom. The Bertz CT molecular complexity index is 584. The van der Waals surface area contributed by atoms with Crippen LogP contribution in [0.15, 0.2) is 5.16 Å². The summed E-state index contributed by atoms with van der Waals surface area (Å²) in [7, 11) is 1.61. The van der Waals surface area contributed by atoms with Gasteiger partial charge in [-0.2, -0.15) is 0 Å². The van der Waals surface area contributed by atoms with Crippen LogP contribution in [0.4, 0.5) is 0 Å². The highest BCUT2D eigenvalue weighted by molar-refractivity contribution is 8.13. The summed E-state index contributed by atoms with van der Waals surface area (Å²) in [6.45, 7) is 3.87. The second-order valence-corrected chi connectivity index (χ2v) is 8.34. The summed E-state index contributed by atoms with van der Waals surface area (Å²) in [5, 5.41) is 7.85. The Hall–Kier alpha value is -0.620. The standard InChI is InChI=1S/C12H18ClN3O2S/c1-7(2)16-11(14-15-12(16)19(13,17)18)10-8-5-3-4-6-9(8)10/h7-10H,3-6H2,1-2H3. The van der Waals surface area contributed by atoms with Crippen LogP contribution in [0.1, 0.15) is 57.3 Å². The molecule has 0 aliphatic heterocycles. The number of rotatable bonds is 3. The maximum atomic E-state index is 11.6. The minimum Gasteiger partial charge on any atom is -0.298 e. The van der Waals surface area contributed by atoms with E-state index in [2.05, 4.69) is 10.2 Å². The topological polar surface area (TPSA) is 64.8 Å². The third-order valence-electron chi connectivity index (χ3n) is 4.38. The predicted molar refractivity (Wildman–Crippen MR) is 71.6 cm³/mol. The fourth-order valence-electron chi connectivity index (χ4n) is 3.54. The monoisotopic (exact) mass is 303 g/mol. The molecule has 0 bridgehead atoms. The van der Waals surface area contributed by atoms with E-state index in [1.165, 1.54) is 25.7 Å². The van der Waals surface area contributed by atoms with Crippen LogP contribution in [-0.4, -0.2) is 23.2 Å². The van der Waals surface area contributed by atoms with Crippen molar-refractivity contribution >= 4 is 19.7 Å². The van der Waals surface area contributed by atoms with Crippen molar-refractivity contribution in [3.8, 4) is 0 Å². The zero-order chi connectivity index (χ0) is 13.8. The van der Waals surface area contributed by atoms with E-state index in [-0.39, 0.29) is 11.2 Å². The molecule has 3 rings (SSSR count). The lowest BCUT2D eigenvalue weighted by Gasteiger charge is -2.12. The number of hydrogen-bond donors (Lipinski definition) is 0. The van der Waals surface area contributed by atoms with Gasteiger partial charge >= 0.3 is 0 Å². The molecule has 2 fully saturated rings. The molecule has 0 radical (unpaired) electrons. The molecular weight excluding hydrogens is 286 g/mol. The Morgan fingerprint density at radius 2 is 1.79 bits per heavy atom. The number of hydrogen-bond acceptors (Lipinski definition) is 4. The zero-order valence-electron chi connectivity index (χ0n) is 11.1. The van der Waals surface area contributed by atoms with E-state index < -0.39 is 9.05 Å². The molecule has 5 nitrogen and oxygen atoms in total. The lowest BCUT2D eigenvalue weighted by Crippen LogP contribution is -2.12. The quantitative estimate of drug-likeness (QED) is 0.805. The third kappa shape index (κ3) is 2.18. The fraction of sp³-hybridized carbons (Fsp3) is 0.833. The lowest BCUT2D eigenvalue weighted by molar-refractivity contribution is 0.480. The summed E-state index contributed by atoms with van der Waals surface area (Å²) in [6.07, 6.45) is 4.99. The van der Waals surface area contributed by atoms with Crippen LogP contribution in [-0.2, 0) is 9.05 Å². The lowest BCUT2D eigenvalue weighted by atomic mass is 10.0. The maximum Gasteiger partial charge on any atom is 0.296 e. The number of fused-ring (bicyclic) bond motifs is 1. The molecule has 1 heterocycles. The van der Waals surface area contributed by atoms with Gasteiger partial charge in [0.25, 0.3) is 14.2 Å². The van der Waals surface area contributed by atoms with Crippen LogP contribution < -0.4 is 0 Å². The van der Waals surface area contributed by atoms with Gasteiger partial charge < -0.3 is 0 Å². The predicted octanol–water partition coefficient (Wildman–Crippen LogP) is 2.69. The van der Waals surface area contributed by atoms with Crippen molar-refractivity contribution in [2.24, 2.45) is 11.8 Å². The third-order valence-corrected chi connectivity index (χ3v) is 5.51. The van der Waals surface area contributed by atoms with Crippen LogP contribution in [0.5, 0.6) is 0 Å². The van der Waals surface area contributed by atoms with Crippen molar-refractivity contribution in [3.05, 3.63) is 5.82 Å². The van der Waals surface area contributed by atoms with E-state index in [1.807, 2.05) is 13.8 Å². The number of aromatic nitrogens is 3. The molecule has 2 atom stereocenters. The van der Waals surface area contributed by atoms with E-state index in [0.717, 1.165) is 5.82 Å². The van der Waals surface area contributed by atoms with Gasteiger partial charge in [0.1, 0.15) is 5.82 Å². The van der Waals surface area contributed by atoms with Gasteiger partial charge in [0.05, 0.1) is 0 Å². The molecule has 0 N–H and O–H groups in total. The fourth-order valence-corrected chi connectivity index (χ4v) is 4.54. The second kappa shape index (κ2) is 4.45. The van der Waals surface area contributed by atoms with Crippen molar-refractivity contribution in [2.75, 3.05) is 0 Å². The zero-order valence-corrected chi connectivity index (χ0v) is 12.7. The molecular formula is C12H18ClN3O2S. The van der Waals surface area contributed by atoms with Gasteiger partial charge in [-0.1, -0.05) is 12.8 Å². The van der Waals surface area contributed by atoms with Crippen LogP contribution >= 0.6 is 10.7 Å². The normalized spacial score (nSPS) is 30.4. The maximum absolute atomic E-state index is 11.6. The van der Waals surface area contributed by atoms with Gasteiger partial charge in [-0.15, -0.1) is 10.2 Å². The average molecular weight is 304 g/mol. The molecule has 2 aliphatic rings. The van der Waals surface area contributed by atoms with E-state index in [9.17, 15) is 8.42 Å².